The number of carbonyl (C=O) groups excluding carboxylic acids is 4. The normalized spacial score (nSPS) is 32.5. The molecule has 2 aliphatic carbocycles. The van der Waals surface area contributed by atoms with E-state index >= 15 is 0 Å². The first-order valence-corrected chi connectivity index (χ1v) is 14.4. The van der Waals surface area contributed by atoms with Crippen LogP contribution in [-0.2, 0) is 19.2 Å². The Bertz CT molecular complexity index is 1620. The number of fused-ring (bicyclic) bond motifs is 4. The summed E-state index contributed by atoms with van der Waals surface area (Å²) in [4.78, 5) is 63.9. The predicted octanol–water partition coefficient (Wildman–Crippen LogP) is 4.15. The summed E-state index contributed by atoms with van der Waals surface area (Å²) in [5.74, 6) is -9.94. The van der Waals surface area contributed by atoms with Crippen molar-refractivity contribution in [1.82, 2.24) is 4.90 Å². The van der Waals surface area contributed by atoms with Crippen LogP contribution in [0.3, 0.4) is 0 Å². The lowest BCUT2D eigenvalue weighted by atomic mass is 9.56. The third kappa shape index (κ3) is 3.55. The summed E-state index contributed by atoms with van der Waals surface area (Å²) >= 11 is 17.3. The smallest absolute Gasteiger partial charge is 0.335 e. The molecule has 6 unspecified atom stereocenters. The van der Waals surface area contributed by atoms with Gasteiger partial charge in [0.25, 0.3) is 11.8 Å². The first-order chi connectivity index (χ1) is 19.4. The molecule has 212 valence electrons. The van der Waals surface area contributed by atoms with Crippen molar-refractivity contribution >= 4 is 74.4 Å². The molecule has 4 aliphatic rings. The minimum atomic E-state index is -2.18. The van der Waals surface area contributed by atoms with Crippen LogP contribution in [-0.4, -0.2) is 59.9 Å². The molecule has 13 heteroatoms. The number of likely N-dealkylation sites (tertiary alicyclic amines) is 1. The van der Waals surface area contributed by atoms with E-state index in [1.165, 1.54) is 36.4 Å². The number of benzene rings is 2. The van der Waals surface area contributed by atoms with Crippen LogP contribution in [0.1, 0.15) is 34.7 Å². The molecule has 0 spiro atoms. The minimum absolute atomic E-state index is 0.0509. The number of phenolic OH excluding ortho intramolecular Hbond substituents is 1. The standard InChI is InChI=1S/C28H20BrCl2FN2O7/c29-11-33-25(40)27(30)10-17-14(20(28(27,31)26(33)41)16-5-2-6-18(32)21(16)35)7-8-15-19(17)23(37)34(22(15)36)13-4-1-3-12(9-13)24(38)39/h1-7,9,15,17,19-20,35H,8,10-11H2,(H,38,39). The monoisotopic (exact) mass is 664 g/mol. The Morgan fingerprint density at radius 3 is 2.44 bits per heavy atom. The number of carbonyl (C=O) groups is 5. The van der Waals surface area contributed by atoms with Crippen molar-refractivity contribution in [3.8, 4) is 5.75 Å². The van der Waals surface area contributed by atoms with Crippen molar-refractivity contribution in [1.29, 1.82) is 0 Å². The first-order valence-electron chi connectivity index (χ1n) is 12.6. The Morgan fingerprint density at radius 2 is 1.76 bits per heavy atom. The molecule has 2 aliphatic heterocycles. The quantitative estimate of drug-likeness (QED) is 0.217. The largest absolute Gasteiger partial charge is 0.505 e. The van der Waals surface area contributed by atoms with E-state index in [0.29, 0.717) is 5.57 Å². The second kappa shape index (κ2) is 9.37. The van der Waals surface area contributed by atoms with Crippen LogP contribution in [0.15, 0.2) is 54.1 Å². The van der Waals surface area contributed by atoms with E-state index in [4.69, 9.17) is 23.2 Å². The Labute approximate surface area is 250 Å². The molecule has 41 heavy (non-hydrogen) atoms. The molecule has 9 nitrogen and oxygen atoms in total. The van der Waals surface area contributed by atoms with Gasteiger partial charge in [-0.25, -0.2) is 9.18 Å². The predicted molar refractivity (Wildman–Crippen MR) is 147 cm³/mol. The van der Waals surface area contributed by atoms with E-state index in [0.717, 1.165) is 15.9 Å². The second-order valence-electron chi connectivity index (χ2n) is 10.5. The van der Waals surface area contributed by atoms with Gasteiger partial charge in [0.2, 0.25) is 11.8 Å². The molecule has 2 heterocycles. The maximum Gasteiger partial charge on any atom is 0.335 e. The number of alkyl halides is 3. The molecule has 2 saturated heterocycles. The number of hydrogen-bond acceptors (Lipinski definition) is 6. The Kier molecular flexibility index (Phi) is 6.37. The molecule has 3 fully saturated rings. The van der Waals surface area contributed by atoms with Gasteiger partial charge in [-0.1, -0.05) is 45.8 Å². The number of imide groups is 2. The second-order valence-corrected chi connectivity index (χ2v) is 12.3. The fourth-order valence-electron chi connectivity index (χ4n) is 6.90. The van der Waals surface area contributed by atoms with Crippen LogP contribution < -0.4 is 4.90 Å². The van der Waals surface area contributed by atoms with Gasteiger partial charge in [-0.15, -0.1) is 23.2 Å². The highest BCUT2D eigenvalue weighted by Crippen LogP contribution is 2.66. The third-order valence-electron chi connectivity index (χ3n) is 8.70. The lowest BCUT2D eigenvalue weighted by molar-refractivity contribution is -0.138. The zero-order valence-electron chi connectivity index (χ0n) is 20.9. The molecule has 6 rings (SSSR count). The molecule has 0 bridgehead atoms. The summed E-state index contributed by atoms with van der Waals surface area (Å²) in [5, 5.41) is 20.2. The van der Waals surface area contributed by atoms with Crippen LogP contribution in [0.4, 0.5) is 10.1 Å². The summed E-state index contributed by atoms with van der Waals surface area (Å²) in [7, 11) is 0. The van der Waals surface area contributed by atoms with Crippen LogP contribution in [0.25, 0.3) is 0 Å². The number of allylic oxidation sites excluding steroid dienone is 2. The maximum absolute atomic E-state index is 14.6. The SMILES string of the molecule is O=C(O)c1cccc(N2C(=O)C3CC=C4C(CC5(Cl)C(=O)N(CBr)C(=O)C5(Cl)C4c4cccc(F)c4O)C3C2=O)c1. The molecule has 1 saturated carbocycles. The molecule has 6 atom stereocenters. The molecule has 2 N–H and O–H groups in total. The van der Waals surface area contributed by atoms with E-state index in [2.05, 4.69) is 15.9 Å². The highest BCUT2D eigenvalue weighted by atomic mass is 79.9. The topological polar surface area (TPSA) is 132 Å². The average Bonchev–Trinajstić information content (AvgIpc) is 3.28. The molecular formula is C28H20BrCl2FN2O7. The Balaban J connectivity index is 1.52. The summed E-state index contributed by atoms with van der Waals surface area (Å²) in [6.45, 7) is 0. The van der Waals surface area contributed by atoms with Gasteiger partial charge in [0.15, 0.2) is 21.3 Å². The Morgan fingerprint density at radius 1 is 1.05 bits per heavy atom. The van der Waals surface area contributed by atoms with Crippen LogP contribution in [0, 0.1) is 23.6 Å². The third-order valence-corrected chi connectivity index (χ3v) is 10.6. The van der Waals surface area contributed by atoms with Crippen molar-refractivity contribution in [2.24, 2.45) is 17.8 Å². The first kappa shape index (κ1) is 27.9. The number of para-hydroxylation sites is 1. The molecule has 2 aromatic rings. The van der Waals surface area contributed by atoms with Gasteiger partial charge >= 0.3 is 5.97 Å². The van der Waals surface area contributed by atoms with Gasteiger partial charge in [0.1, 0.15) is 0 Å². The molecule has 0 aromatic heterocycles. The number of carboxylic acid groups (broad SMARTS) is 1. The highest BCUT2D eigenvalue weighted by molar-refractivity contribution is 9.09. The van der Waals surface area contributed by atoms with Gasteiger partial charge in [0, 0.05) is 11.5 Å². The van der Waals surface area contributed by atoms with Crippen molar-refractivity contribution in [3.63, 3.8) is 0 Å². The number of phenols is 1. The number of hydrogen-bond donors (Lipinski definition) is 2. The number of rotatable bonds is 4. The lowest BCUT2D eigenvalue weighted by Crippen LogP contribution is -2.60. The van der Waals surface area contributed by atoms with Crippen LogP contribution >= 0.6 is 39.1 Å². The highest BCUT2D eigenvalue weighted by Gasteiger charge is 2.76. The molecule has 2 aromatic carbocycles. The number of amides is 4. The van der Waals surface area contributed by atoms with Crippen LogP contribution in [0.2, 0.25) is 0 Å². The lowest BCUT2D eigenvalue weighted by Gasteiger charge is -2.50. The molecule has 4 amide bonds. The fraction of sp³-hybridized carbons (Fsp3) is 0.321. The van der Waals surface area contributed by atoms with Crippen LogP contribution in [0.5, 0.6) is 5.75 Å². The van der Waals surface area contributed by atoms with Crippen molar-refractivity contribution in [2.45, 2.75) is 28.5 Å². The van der Waals surface area contributed by atoms with E-state index in [1.54, 1.807) is 6.08 Å². The van der Waals surface area contributed by atoms with Crippen molar-refractivity contribution in [2.75, 3.05) is 10.4 Å². The number of anilines is 1. The molecular weight excluding hydrogens is 646 g/mol. The number of carboxylic acids is 1. The minimum Gasteiger partial charge on any atom is -0.505 e. The van der Waals surface area contributed by atoms with Gasteiger partial charge in [-0.2, -0.15) is 0 Å². The van der Waals surface area contributed by atoms with Gasteiger partial charge < -0.3 is 10.2 Å². The van der Waals surface area contributed by atoms with Gasteiger partial charge in [-0.3, -0.25) is 29.0 Å². The fourth-order valence-corrected chi connectivity index (χ4v) is 8.31. The summed E-state index contributed by atoms with van der Waals surface area (Å²) in [5.41, 5.74) is 0.0395. The average molecular weight is 666 g/mol. The van der Waals surface area contributed by atoms with E-state index in [9.17, 15) is 38.6 Å². The summed E-state index contributed by atoms with van der Waals surface area (Å²) in [6, 6.07) is 9.13. The maximum atomic E-state index is 14.6. The summed E-state index contributed by atoms with van der Waals surface area (Å²) in [6.07, 6.45) is 1.42. The van der Waals surface area contributed by atoms with E-state index in [-0.39, 0.29) is 35.1 Å². The van der Waals surface area contributed by atoms with Gasteiger partial charge in [-0.05, 0) is 43.0 Å². The number of halogens is 4. The number of aromatic hydroxyl groups is 1. The van der Waals surface area contributed by atoms with E-state index < -0.39 is 74.6 Å². The Hall–Kier alpha value is -3.28. The zero-order chi connectivity index (χ0) is 29.6. The van der Waals surface area contributed by atoms with E-state index in [1.807, 2.05) is 0 Å². The summed E-state index contributed by atoms with van der Waals surface area (Å²) < 4.78 is 14.6. The van der Waals surface area contributed by atoms with Crippen molar-refractivity contribution < 1.29 is 38.6 Å². The zero-order valence-corrected chi connectivity index (χ0v) is 24.0. The van der Waals surface area contributed by atoms with Gasteiger partial charge in [0.05, 0.1) is 28.5 Å². The number of nitrogens with zero attached hydrogens (tertiary/aromatic N) is 2. The number of aromatic carboxylic acids is 1. The molecule has 0 radical (unpaired) electrons. The van der Waals surface area contributed by atoms with Crippen molar-refractivity contribution in [3.05, 3.63) is 71.1 Å².